The van der Waals surface area contributed by atoms with E-state index < -0.39 is 0 Å². The average molecular weight is 347 g/mol. The molecule has 4 heteroatoms. The molecule has 122 valence electrons. The Morgan fingerprint density at radius 3 is 2.48 bits per heavy atom. The molecule has 3 aromatic rings. The third-order valence-corrected chi connectivity index (χ3v) is 4.10. The van der Waals surface area contributed by atoms with Gasteiger partial charge < -0.3 is 5.32 Å². The predicted molar refractivity (Wildman–Crippen MR) is 99.8 cm³/mol. The summed E-state index contributed by atoms with van der Waals surface area (Å²) in [6.45, 7) is 0.445. The molecular weight excluding hydrogens is 332 g/mol. The monoisotopic (exact) mass is 346 g/mol. The minimum absolute atomic E-state index is 0.0980. The highest BCUT2D eigenvalue weighted by atomic mass is 35.5. The molecular formula is C21H15ClN2O. The van der Waals surface area contributed by atoms with Crippen molar-refractivity contribution in [1.29, 1.82) is 5.26 Å². The number of nitrogens with zero attached hydrogens (tertiary/aromatic N) is 1. The fraction of sp³-hybridized carbons (Fsp3) is 0.0476. The summed E-state index contributed by atoms with van der Waals surface area (Å²) in [5.41, 5.74) is 3.28. The lowest BCUT2D eigenvalue weighted by Gasteiger charge is -2.13. The van der Waals surface area contributed by atoms with Crippen LogP contribution in [0, 0.1) is 11.3 Å². The topological polar surface area (TPSA) is 52.9 Å². The van der Waals surface area contributed by atoms with E-state index in [1.165, 1.54) is 0 Å². The largest absolute Gasteiger partial charge is 0.380 e. The SMILES string of the molecule is N#Cc1ccccc1CNc1ccc(Cl)cc1C(=O)c1ccccc1. The maximum Gasteiger partial charge on any atom is 0.195 e. The number of halogens is 1. The van der Waals surface area contributed by atoms with Crippen molar-refractivity contribution in [2.75, 3.05) is 5.32 Å². The van der Waals surface area contributed by atoms with Crippen molar-refractivity contribution in [3.8, 4) is 6.07 Å². The maximum absolute atomic E-state index is 12.8. The molecule has 0 unspecified atom stereocenters. The van der Waals surface area contributed by atoms with Crippen LogP contribution in [0.2, 0.25) is 5.02 Å². The lowest BCUT2D eigenvalue weighted by atomic mass is 10.0. The molecule has 0 aliphatic carbocycles. The number of hydrogen-bond donors (Lipinski definition) is 1. The minimum Gasteiger partial charge on any atom is -0.380 e. The van der Waals surface area contributed by atoms with Crippen LogP contribution in [0.4, 0.5) is 5.69 Å². The van der Waals surface area contributed by atoms with E-state index in [0.29, 0.717) is 33.9 Å². The molecule has 3 rings (SSSR count). The van der Waals surface area contributed by atoms with Crippen LogP contribution >= 0.6 is 11.6 Å². The summed E-state index contributed by atoms with van der Waals surface area (Å²) in [6.07, 6.45) is 0. The summed E-state index contributed by atoms with van der Waals surface area (Å²) in [6, 6.07) is 23.8. The van der Waals surface area contributed by atoms with E-state index in [0.717, 1.165) is 5.56 Å². The Morgan fingerprint density at radius 1 is 1.00 bits per heavy atom. The average Bonchev–Trinajstić information content (AvgIpc) is 2.67. The van der Waals surface area contributed by atoms with Crippen LogP contribution in [-0.2, 0) is 6.54 Å². The van der Waals surface area contributed by atoms with Gasteiger partial charge in [0, 0.05) is 28.4 Å². The van der Waals surface area contributed by atoms with Gasteiger partial charge in [0.2, 0.25) is 0 Å². The minimum atomic E-state index is -0.0980. The van der Waals surface area contributed by atoms with Crippen molar-refractivity contribution >= 4 is 23.1 Å². The zero-order chi connectivity index (χ0) is 17.6. The molecule has 0 atom stereocenters. The van der Waals surface area contributed by atoms with E-state index in [9.17, 15) is 10.1 Å². The molecule has 1 N–H and O–H groups in total. The Kier molecular flexibility index (Phi) is 5.13. The van der Waals surface area contributed by atoms with Crippen LogP contribution in [0.3, 0.4) is 0 Å². The summed E-state index contributed by atoms with van der Waals surface area (Å²) >= 11 is 6.09. The lowest BCUT2D eigenvalue weighted by Crippen LogP contribution is -2.08. The first-order valence-electron chi connectivity index (χ1n) is 7.80. The third-order valence-electron chi connectivity index (χ3n) is 3.87. The van der Waals surface area contributed by atoms with Crippen LogP contribution in [0.5, 0.6) is 0 Å². The molecule has 3 aromatic carbocycles. The first-order chi connectivity index (χ1) is 12.2. The second kappa shape index (κ2) is 7.65. The second-order valence-corrected chi connectivity index (χ2v) is 5.94. The molecule has 0 radical (unpaired) electrons. The molecule has 0 aliphatic heterocycles. The second-order valence-electron chi connectivity index (χ2n) is 5.51. The molecule has 3 nitrogen and oxygen atoms in total. The Balaban J connectivity index is 1.90. The van der Waals surface area contributed by atoms with E-state index in [4.69, 9.17) is 11.6 Å². The van der Waals surface area contributed by atoms with E-state index >= 15 is 0 Å². The Labute approximate surface area is 151 Å². The molecule has 0 spiro atoms. The van der Waals surface area contributed by atoms with Crippen LogP contribution in [0.15, 0.2) is 72.8 Å². The number of anilines is 1. The van der Waals surface area contributed by atoms with E-state index in [-0.39, 0.29) is 5.78 Å². The van der Waals surface area contributed by atoms with Crippen molar-refractivity contribution in [3.05, 3.63) is 100 Å². The molecule has 0 aliphatic rings. The number of rotatable bonds is 5. The van der Waals surface area contributed by atoms with E-state index in [1.54, 1.807) is 36.4 Å². The first kappa shape index (κ1) is 16.8. The summed E-state index contributed by atoms with van der Waals surface area (Å²) in [5, 5.41) is 12.9. The van der Waals surface area contributed by atoms with Crippen molar-refractivity contribution in [1.82, 2.24) is 0 Å². The highest BCUT2D eigenvalue weighted by Gasteiger charge is 2.14. The van der Waals surface area contributed by atoms with E-state index in [2.05, 4.69) is 11.4 Å². The first-order valence-corrected chi connectivity index (χ1v) is 8.18. The van der Waals surface area contributed by atoms with Gasteiger partial charge in [-0.25, -0.2) is 0 Å². The van der Waals surface area contributed by atoms with Crippen LogP contribution < -0.4 is 5.32 Å². The summed E-state index contributed by atoms with van der Waals surface area (Å²) in [4.78, 5) is 12.8. The fourth-order valence-electron chi connectivity index (χ4n) is 2.58. The van der Waals surface area contributed by atoms with E-state index in [1.807, 2.05) is 36.4 Å². The van der Waals surface area contributed by atoms with Crippen LogP contribution in [-0.4, -0.2) is 5.78 Å². The molecule has 0 amide bonds. The predicted octanol–water partition coefficient (Wildman–Crippen LogP) is 5.05. The molecule has 0 heterocycles. The van der Waals surface area contributed by atoms with Gasteiger partial charge in [0.25, 0.3) is 0 Å². The molecule has 0 bridgehead atoms. The number of nitriles is 1. The lowest BCUT2D eigenvalue weighted by molar-refractivity contribution is 0.103. The van der Waals surface area contributed by atoms with Gasteiger partial charge in [-0.15, -0.1) is 0 Å². The number of nitrogens with one attached hydrogen (secondary N) is 1. The van der Waals surface area contributed by atoms with Gasteiger partial charge in [-0.3, -0.25) is 4.79 Å². The molecule has 0 saturated heterocycles. The Hall–Kier alpha value is -3.09. The smallest absolute Gasteiger partial charge is 0.195 e. The highest BCUT2D eigenvalue weighted by molar-refractivity contribution is 6.31. The summed E-state index contributed by atoms with van der Waals surface area (Å²) < 4.78 is 0. The number of carbonyl (C=O) groups excluding carboxylic acids is 1. The van der Waals surface area contributed by atoms with Gasteiger partial charge in [-0.05, 0) is 29.8 Å². The summed E-state index contributed by atoms with van der Waals surface area (Å²) in [5.74, 6) is -0.0980. The fourth-order valence-corrected chi connectivity index (χ4v) is 2.75. The normalized spacial score (nSPS) is 10.1. The zero-order valence-electron chi connectivity index (χ0n) is 13.4. The molecule has 25 heavy (non-hydrogen) atoms. The number of carbonyl (C=O) groups is 1. The van der Waals surface area contributed by atoms with Gasteiger partial charge in [-0.1, -0.05) is 60.1 Å². The van der Waals surface area contributed by atoms with Crippen molar-refractivity contribution in [2.45, 2.75) is 6.54 Å². The van der Waals surface area contributed by atoms with Gasteiger partial charge in [0.15, 0.2) is 5.78 Å². The number of benzene rings is 3. The quantitative estimate of drug-likeness (QED) is 0.657. The third kappa shape index (κ3) is 3.88. The van der Waals surface area contributed by atoms with Crippen molar-refractivity contribution in [3.63, 3.8) is 0 Å². The summed E-state index contributed by atoms with van der Waals surface area (Å²) in [7, 11) is 0. The van der Waals surface area contributed by atoms with Gasteiger partial charge >= 0.3 is 0 Å². The number of ketones is 1. The standard InChI is InChI=1S/C21H15ClN2O/c22-18-10-11-20(24-14-17-9-5-4-8-16(17)13-23)19(12-18)21(25)15-6-2-1-3-7-15/h1-12,24H,14H2. The Bertz CT molecular complexity index is 946. The van der Waals surface area contributed by atoms with Crippen LogP contribution in [0.1, 0.15) is 27.0 Å². The molecule has 0 aromatic heterocycles. The highest BCUT2D eigenvalue weighted by Crippen LogP contribution is 2.24. The van der Waals surface area contributed by atoms with Gasteiger partial charge in [-0.2, -0.15) is 5.26 Å². The van der Waals surface area contributed by atoms with Crippen molar-refractivity contribution in [2.24, 2.45) is 0 Å². The zero-order valence-corrected chi connectivity index (χ0v) is 14.1. The number of hydrogen-bond acceptors (Lipinski definition) is 3. The Morgan fingerprint density at radius 2 is 1.72 bits per heavy atom. The molecule has 0 fully saturated rings. The van der Waals surface area contributed by atoms with Gasteiger partial charge in [0.1, 0.15) is 0 Å². The molecule has 0 saturated carbocycles. The van der Waals surface area contributed by atoms with Gasteiger partial charge in [0.05, 0.1) is 11.6 Å². The van der Waals surface area contributed by atoms with Crippen LogP contribution in [0.25, 0.3) is 0 Å². The van der Waals surface area contributed by atoms with Crippen molar-refractivity contribution < 1.29 is 4.79 Å². The maximum atomic E-state index is 12.8.